The van der Waals surface area contributed by atoms with Crippen molar-refractivity contribution in [1.29, 1.82) is 0 Å². The van der Waals surface area contributed by atoms with Gasteiger partial charge in [0, 0.05) is 6.92 Å². The summed E-state index contributed by atoms with van der Waals surface area (Å²) >= 11 is 0. The third-order valence-corrected chi connectivity index (χ3v) is 3.14. The van der Waals surface area contributed by atoms with Gasteiger partial charge in [-0.25, -0.2) is 0 Å². The molecule has 90 valence electrons. The summed E-state index contributed by atoms with van der Waals surface area (Å²) in [6, 6.07) is 8.46. The van der Waals surface area contributed by atoms with Gasteiger partial charge in [-0.2, -0.15) is 0 Å². The third kappa shape index (κ3) is 2.50. The van der Waals surface area contributed by atoms with Crippen LogP contribution in [0.5, 0.6) is 0 Å². The second-order valence-corrected chi connectivity index (χ2v) is 4.10. The Morgan fingerprint density at radius 3 is 2.88 bits per heavy atom. The highest BCUT2D eigenvalue weighted by Gasteiger charge is 2.28. The summed E-state index contributed by atoms with van der Waals surface area (Å²) in [5, 5.41) is 0. The van der Waals surface area contributed by atoms with E-state index < -0.39 is 0 Å². The molecule has 0 radical (unpaired) electrons. The summed E-state index contributed by atoms with van der Waals surface area (Å²) in [7, 11) is 0. The average molecular weight is 229 g/mol. The van der Waals surface area contributed by atoms with E-state index in [4.69, 9.17) is 6.42 Å². The minimum Gasteiger partial charge on any atom is -0.325 e. The minimum atomic E-state index is 0. The molecule has 1 aromatic carbocycles. The van der Waals surface area contributed by atoms with Crippen LogP contribution >= 0.6 is 0 Å². The minimum absolute atomic E-state index is 0. The van der Waals surface area contributed by atoms with Crippen molar-refractivity contribution in [2.24, 2.45) is 0 Å². The van der Waals surface area contributed by atoms with Crippen LogP contribution in [0.2, 0.25) is 0 Å². The van der Waals surface area contributed by atoms with Gasteiger partial charge in [0.05, 0.1) is 12.6 Å². The molecule has 0 bridgehead atoms. The summed E-state index contributed by atoms with van der Waals surface area (Å²) in [5.74, 6) is 2.62. The van der Waals surface area contributed by atoms with Crippen molar-refractivity contribution >= 4 is 5.91 Å². The molecule has 1 atom stereocenters. The number of carbonyl (C=O) groups is 1. The maximum atomic E-state index is 11.6. The van der Waals surface area contributed by atoms with Gasteiger partial charge in [-0.1, -0.05) is 37.6 Å². The van der Waals surface area contributed by atoms with Crippen molar-refractivity contribution in [3.63, 3.8) is 0 Å². The van der Waals surface area contributed by atoms with Crippen LogP contribution in [0, 0.1) is 12.3 Å². The fourth-order valence-corrected chi connectivity index (χ4v) is 2.40. The summed E-state index contributed by atoms with van der Waals surface area (Å²) in [4.78, 5) is 13.3. The van der Waals surface area contributed by atoms with Crippen molar-refractivity contribution in [2.75, 3.05) is 6.54 Å². The Morgan fingerprint density at radius 2 is 2.24 bits per heavy atom. The Bertz CT molecular complexity index is 444. The highest BCUT2D eigenvalue weighted by atomic mass is 16.2. The second kappa shape index (κ2) is 5.54. The first kappa shape index (κ1) is 13.3. The standard InChI is InChI=1S/C14H15NO.CH4/c1-3-10-15(11(2)16)14-9-8-12-6-4-5-7-13(12)14;/h1,4-7,14H,8-10H2,2H3;1H4/t14-;/m1./s1. The zero-order valence-electron chi connectivity index (χ0n) is 9.44. The van der Waals surface area contributed by atoms with Gasteiger partial charge in [0.2, 0.25) is 5.91 Å². The quantitative estimate of drug-likeness (QED) is 0.714. The fourth-order valence-electron chi connectivity index (χ4n) is 2.40. The number of fused-ring (bicyclic) bond motifs is 1. The van der Waals surface area contributed by atoms with E-state index >= 15 is 0 Å². The largest absolute Gasteiger partial charge is 0.325 e. The third-order valence-electron chi connectivity index (χ3n) is 3.14. The molecule has 0 saturated carbocycles. The molecule has 2 rings (SSSR count). The van der Waals surface area contributed by atoms with E-state index in [-0.39, 0.29) is 19.4 Å². The lowest BCUT2D eigenvalue weighted by Gasteiger charge is -2.26. The lowest BCUT2D eigenvalue weighted by atomic mass is 10.1. The number of hydrogen-bond acceptors (Lipinski definition) is 1. The number of terminal acetylenes is 1. The zero-order valence-corrected chi connectivity index (χ0v) is 9.44. The van der Waals surface area contributed by atoms with Crippen molar-refractivity contribution < 1.29 is 4.79 Å². The van der Waals surface area contributed by atoms with Crippen LogP contribution in [0.1, 0.15) is 37.9 Å². The van der Waals surface area contributed by atoms with E-state index in [0.29, 0.717) is 6.54 Å². The number of carbonyl (C=O) groups excluding carboxylic acids is 1. The summed E-state index contributed by atoms with van der Waals surface area (Å²) < 4.78 is 0. The normalized spacial score (nSPS) is 16.6. The first-order chi connectivity index (χ1) is 7.74. The Labute approximate surface area is 104 Å². The predicted molar refractivity (Wildman–Crippen MR) is 70.5 cm³/mol. The molecule has 17 heavy (non-hydrogen) atoms. The lowest BCUT2D eigenvalue weighted by Crippen LogP contribution is -2.32. The fraction of sp³-hybridized carbons (Fsp3) is 0.400. The number of aryl methyl sites for hydroxylation is 1. The van der Waals surface area contributed by atoms with Gasteiger partial charge in [-0.15, -0.1) is 6.42 Å². The first-order valence-corrected chi connectivity index (χ1v) is 5.52. The SMILES string of the molecule is C.C#CCN(C(C)=O)[C@@H]1CCc2ccccc21. The molecule has 1 amide bonds. The van der Waals surface area contributed by atoms with Crippen LogP contribution in [0.3, 0.4) is 0 Å². The molecule has 2 nitrogen and oxygen atoms in total. The maximum Gasteiger partial charge on any atom is 0.220 e. The van der Waals surface area contributed by atoms with Crippen molar-refractivity contribution in [1.82, 2.24) is 4.90 Å². The van der Waals surface area contributed by atoms with Gasteiger partial charge in [-0.3, -0.25) is 4.79 Å². The number of nitrogens with zero attached hydrogens (tertiary/aromatic N) is 1. The molecule has 0 unspecified atom stereocenters. The molecule has 0 fully saturated rings. The molecule has 0 aliphatic heterocycles. The highest BCUT2D eigenvalue weighted by molar-refractivity contribution is 5.74. The van der Waals surface area contributed by atoms with E-state index in [9.17, 15) is 4.79 Å². The molecule has 0 aromatic heterocycles. The summed E-state index contributed by atoms with van der Waals surface area (Å²) in [6.07, 6.45) is 7.33. The molecular formula is C15H19NO. The summed E-state index contributed by atoms with van der Waals surface area (Å²) in [5.41, 5.74) is 2.60. The van der Waals surface area contributed by atoms with Gasteiger partial charge in [0.1, 0.15) is 0 Å². The van der Waals surface area contributed by atoms with Crippen LogP contribution < -0.4 is 0 Å². The summed E-state index contributed by atoms with van der Waals surface area (Å²) in [6.45, 7) is 1.98. The Morgan fingerprint density at radius 1 is 1.53 bits per heavy atom. The molecule has 1 aliphatic rings. The monoisotopic (exact) mass is 229 g/mol. The molecule has 2 heteroatoms. The van der Waals surface area contributed by atoms with E-state index in [1.54, 1.807) is 11.8 Å². The second-order valence-electron chi connectivity index (χ2n) is 4.10. The van der Waals surface area contributed by atoms with E-state index in [1.807, 2.05) is 12.1 Å². The average Bonchev–Trinajstić information content (AvgIpc) is 2.69. The Kier molecular flexibility index (Phi) is 4.34. The molecule has 0 N–H and O–H groups in total. The molecule has 0 heterocycles. The zero-order chi connectivity index (χ0) is 11.5. The van der Waals surface area contributed by atoms with Gasteiger partial charge in [0.25, 0.3) is 0 Å². The topological polar surface area (TPSA) is 20.3 Å². The molecule has 0 saturated heterocycles. The van der Waals surface area contributed by atoms with Crippen molar-refractivity contribution in [3.8, 4) is 12.3 Å². The lowest BCUT2D eigenvalue weighted by molar-refractivity contribution is -0.130. The highest BCUT2D eigenvalue weighted by Crippen LogP contribution is 2.35. The maximum absolute atomic E-state index is 11.6. The van der Waals surface area contributed by atoms with Crippen LogP contribution in [-0.2, 0) is 11.2 Å². The molecule has 1 aliphatic carbocycles. The molecular weight excluding hydrogens is 210 g/mol. The van der Waals surface area contributed by atoms with Crippen LogP contribution in [-0.4, -0.2) is 17.4 Å². The van der Waals surface area contributed by atoms with Crippen molar-refractivity contribution in [3.05, 3.63) is 35.4 Å². The van der Waals surface area contributed by atoms with E-state index in [2.05, 4.69) is 18.1 Å². The number of rotatable bonds is 2. The van der Waals surface area contributed by atoms with Gasteiger partial charge < -0.3 is 4.90 Å². The Hall–Kier alpha value is -1.75. The number of hydrogen-bond donors (Lipinski definition) is 0. The molecule has 0 spiro atoms. The van der Waals surface area contributed by atoms with Crippen LogP contribution in [0.25, 0.3) is 0 Å². The first-order valence-electron chi connectivity index (χ1n) is 5.52. The number of amides is 1. The van der Waals surface area contributed by atoms with Crippen LogP contribution in [0.15, 0.2) is 24.3 Å². The van der Waals surface area contributed by atoms with Crippen molar-refractivity contribution in [2.45, 2.75) is 33.2 Å². The smallest absolute Gasteiger partial charge is 0.220 e. The van der Waals surface area contributed by atoms with E-state index in [0.717, 1.165) is 12.8 Å². The number of benzene rings is 1. The van der Waals surface area contributed by atoms with Gasteiger partial charge in [0.15, 0.2) is 0 Å². The van der Waals surface area contributed by atoms with Crippen LogP contribution in [0.4, 0.5) is 0 Å². The Balaban J connectivity index is 0.00000144. The van der Waals surface area contributed by atoms with E-state index in [1.165, 1.54) is 11.1 Å². The molecule has 1 aromatic rings. The predicted octanol–water partition coefficient (Wildman–Crippen LogP) is 2.79. The van der Waals surface area contributed by atoms with Gasteiger partial charge >= 0.3 is 0 Å². The van der Waals surface area contributed by atoms with Gasteiger partial charge in [-0.05, 0) is 24.0 Å².